The van der Waals surface area contributed by atoms with Crippen LogP contribution in [0.3, 0.4) is 0 Å². The molecule has 11 nitrogen and oxygen atoms in total. The van der Waals surface area contributed by atoms with Gasteiger partial charge in [-0.15, -0.1) is 0 Å². The number of aromatic amines is 1. The highest BCUT2D eigenvalue weighted by Crippen LogP contribution is 2.39. The number of esters is 1. The van der Waals surface area contributed by atoms with E-state index in [1.807, 2.05) is 83.8 Å². The third-order valence-electron chi connectivity index (χ3n) is 12.2. The quantitative estimate of drug-likeness (QED) is 0.116. The Balaban J connectivity index is 0.793. The number of pyridine rings is 1. The van der Waals surface area contributed by atoms with Crippen LogP contribution in [0.15, 0.2) is 108 Å². The lowest BCUT2D eigenvalue weighted by atomic mass is 9.72. The maximum Gasteiger partial charge on any atom is 0.317 e. The van der Waals surface area contributed by atoms with Gasteiger partial charge in [0, 0.05) is 44.2 Å². The van der Waals surface area contributed by atoms with Crippen LogP contribution < -0.4 is 15.6 Å². The average Bonchev–Trinajstić information content (AvgIpc) is 3.25. The summed E-state index contributed by atoms with van der Waals surface area (Å²) in [4.78, 5) is 46.1. The van der Waals surface area contributed by atoms with Gasteiger partial charge in [-0.05, 0) is 96.8 Å². The SMILES string of the molecule is O=C(Cc1ccc(OCc2ccc(CNCC(O)c3ccc(O)c4[nH]c(=O)ccc34)cc2)cc1)N1CCC(C(=O)O[C@H]2CN3CCC2CC3)(c2ccccc2)CC1. The zero-order valence-electron chi connectivity index (χ0n) is 32.1. The van der Waals surface area contributed by atoms with E-state index in [1.54, 1.807) is 12.1 Å². The summed E-state index contributed by atoms with van der Waals surface area (Å²) in [6, 6.07) is 31.8. The predicted octanol–water partition coefficient (Wildman–Crippen LogP) is 5.38. The number of aromatic nitrogens is 1. The van der Waals surface area contributed by atoms with Crippen molar-refractivity contribution in [3.05, 3.63) is 141 Å². The van der Waals surface area contributed by atoms with Crippen LogP contribution in [0.2, 0.25) is 0 Å². The number of likely N-dealkylation sites (tertiary alicyclic amines) is 1. The minimum Gasteiger partial charge on any atom is -0.506 e. The van der Waals surface area contributed by atoms with Crippen molar-refractivity contribution in [1.29, 1.82) is 0 Å². The molecule has 2 bridgehead atoms. The number of aromatic hydroxyl groups is 1. The molecular weight excluding hydrogens is 721 g/mol. The number of nitrogens with zero attached hydrogens (tertiary/aromatic N) is 2. The van der Waals surface area contributed by atoms with Gasteiger partial charge in [-0.3, -0.25) is 19.3 Å². The first kappa shape index (κ1) is 38.4. The number of piperidine rings is 4. The Morgan fingerprint density at radius 3 is 2.25 bits per heavy atom. The molecule has 0 saturated carbocycles. The largest absolute Gasteiger partial charge is 0.506 e. The molecule has 9 rings (SSSR count). The van der Waals surface area contributed by atoms with Gasteiger partial charge in [0.25, 0.3) is 0 Å². The van der Waals surface area contributed by atoms with Crippen molar-refractivity contribution in [2.75, 3.05) is 39.3 Å². The first-order chi connectivity index (χ1) is 27.7. The number of amides is 1. The summed E-state index contributed by atoms with van der Waals surface area (Å²) in [6.07, 6.45) is 2.65. The Kier molecular flexibility index (Phi) is 11.4. The Labute approximate surface area is 332 Å². The molecule has 2 atom stereocenters. The summed E-state index contributed by atoms with van der Waals surface area (Å²) < 4.78 is 12.4. The van der Waals surface area contributed by atoms with E-state index in [0.29, 0.717) is 67.2 Å². The molecule has 0 radical (unpaired) electrons. The van der Waals surface area contributed by atoms with Gasteiger partial charge in [0.05, 0.1) is 23.5 Å². The summed E-state index contributed by atoms with van der Waals surface area (Å²) in [7, 11) is 0. The number of aliphatic hydroxyl groups excluding tert-OH is 1. The van der Waals surface area contributed by atoms with Crippen molar-refractivity contribution in [2.24, 2.45) is 5.92 Å². The molecule has 5 heterocycles. The highest BCUT2D eigenvalue weighted by molar-refractivity contribution is 5.87. The number of nitrogens with one attached hydrogen (secondary N) is 2. The Morgan fingerprint density at radius 2 is 1.54 bits per heavy atom. The molecule has 4 aliphatic heterocycles. The van der Waals surface area contributed by atoms with E-state index < -0.39 is 11.5 Å². The highest BCUT2D eigenvalue weighted by Gasteiger charge is 2.47. The van der Waals surface area contributed by atoms with Gasteiger partial charge in [-0.1, -0.05) is 72.8 Å². The van der Waals surface area contributed by atoms with Crippen LogP contribution in [-0.2, 0) is 39.3 Å². The number of aliphatic hydroxyl groups is 1. The van der Waals surface area contributed by atoms with E-state index in [-0.39, 0.29) is 42.3 Å². The third-order valence-corrected chi connectivity index (χ3v) is 12.2. The second-order valence-electron chi connectivity index (χ2n) is 15.8. The van der Waals surface area contributed by atoms with E-state index in [0.717, 1.165) is 54.7 Å². The van der Waals surface area contributed by atoms with Gasteiger partial charge in [-0.2, -0.15) is 0 Å². The summed E-state index contributed by atoms with van der Waals surface area (Å²) in [5, 5.41) is 24.8. The summed E-state index contributed by atoms with van der Waals surface area (Å²) in [5.74, 6) is 1.02. The van der Waals surface area contributed by atoms with Crippen LogP contribution in [-0.4, -0.2) is 82.2 Å². The Hall–Kier alpha value is -5.49. The molecule has 0 aliphatic carbocycles. The van der Waals surface area contributed by atoms with Crippen LogP contribution in [0, 0.1) is 5.92 Å². The monoisotopic (exact) mass is 770 g/mol. The van der Waals surface area contributed by atoms with Crippen molar-refractivity contribution in [2.45, 2.75) is 62.9 Å². The molecule has 4 aromatic carbocycles. The number of carbonyl (C=O) groups is 2. The first-order valence-corrected chi connectivity index (χ1v) is 20.0. The lowest BCUT2D eigenvalue weighted by Gasteiger charge is -2.46. The molecule has 0 spiro atoms. The number of ether oxygens (including phenoxy) is 2. The molecule has 1 unspecified atom stereocenters. The molecule has 1 aromatic heterocycles. The van der Waals surface area contributed by atoms with Crippen molar-refractivity contribution < 1.29 is 29.3 Å². The van der Waals surface area contributed by atoms with E-state index in [1.165, 1.54) is 12.1 Å². The number of phenolic OH excluding ortho intramolecular Hbond substituents is 1. The van der Waals surface area contributed by atoms with E-state index in [9.17, 15) is 24.6 Å². The average molecular weight is 771 g/mol. The fraction of sp³-hybridized carbons (Fsp3) is 0.370. The smallest absolute Gasteiger partial charge is 0.317 e. The first-order valence-electron chi connectivity index (χ1n) is 20.0. The molecule has 4 aliphatic rings. The minimum absolute atomic E-state index is 0.0412. The van der Waals surface area contributed by atoms with E-state index in [2.05, 4.69) is 15.2 Å². The summed E-state index contributed by atoms with van der Waals surface area (Å²) in [5.41, 5.74) is 3.79. The molecule has 4 saturated heterocycles. The Morgan fingerprint density at radius 1 is 0.842 bits per heavy atom. The Bertz CT molecular complexity index is 2230. The van der Waals surface area contributed by atoms with Gasteiger partial charge in [-0.25, -0.2) is 0 Å². The molecule has 4 N–H and O–H groups in total. The lowest BCUT2D eigenvalue weighted by molar-refractivity contribution is -0.168. The van der Waals surface area contributed by atoms with Gasteiger partial charge in [0.2, 0.25) is 11.5 Å². The number of fused-ring (bicyclic) bond motifs is 4. The van der Waals surface area contributed by atoms with Gasteiger partial charge >= 0.3 is 5.97 Å². The number of hydrogen-bond acceptors (Lipinski definition) is 9. The molecule has 11 heteroatoms. The maximum atomic E-state index is 14.0. The summed E-state index contributed by atoms with van der Waals surface area (Å²) >= 11 is 0. The second-order valence-corrected chi connectivity index (χ2v) is 15.8. The van der Waals surface area contributed by atoms with Crippen molar-refractivity contribution in [3.63, 3.8) is 0 Å². The van der Waals surface area contributed by atoms with Crippen LogP contribution >= 0.6 is 0 Å². The van der Waals surface area contributed by atoms with Crippen LogP contribution in [0.4, 0.5) is 0 Å². The topological polar surface area (TPSA) is 144 Å². The number of hydrogen-bond donors (Lipinski definition) is 4. The predicted molar refractivity (Wildman–Crippen MR) is 217 cm³/mol. The number of H-pyrrole nitrogens is 1. The number of phenols is 1. The van der Waals surface area contributed by atoms with E-state index in [4.69, 9.17) is 9.47 Å². The van der Waals surface area contributed by atoms with Crippen molar-refractivity contribution in [3.8, 4) is 11.5 Å². The molecule has 4 fully saturated rings. The normalized spacial score (nSPS) is 20.6. The van der Waals surface area contributed by atoms with Crippen LogP contribution in [0.1, 0.15) is 59.6 Å². The zero-order chi connectivity index (χ0) is 39.4. The number of carbonyl (C=O) groups excluding carboxylic acids is 2. The maximum absolute atomic E-state index is 14.0. The van der Waals surface area contributed by atoms with Crippen molar-refractivity contribution in [1.82, 2.24) is 20.1 Å². The fourth-order valence-electron chi connectivity index (χ4n) is 8.72. The standard InChI is InChI=1S/C46H50N4O7/c51-39-16-14-37(38-15-17-42(53)48-44(38)39)40(52)28-47-27-32-6-8-33(9-7-32)30-56-36-12-10-31(11-13-36)26-43(54)50-24-20-46(21-25-50,35-4-2-1-3-5-35)45(55)57-41-29-49-22-18-34(41)19-23-49/h1-17,34,40-41,47,51-52H,18-30H2,(H,48,53)/t40?,41-/m0/s1. The van der Waals surface area contributed by atoms with Gasteiger partial charge in [0.15, 0.2) is 0 Å². The van der Waals surface area contributed by atoms with Crippen LogP contribution in [0.25, 0.3) is 10.9 Å². The third kappa shape index (κ3) is 8.61. The van der Waals surface area contributed by atoms with Crippen molar-refractivity contribution >= 4 is 22.8 Å². The van der Waals surface area contributed by atoms with Gasteiger partial charge in [0.1, 0.15) is 24.2 Å². The number of rotatable bonds is 13. The molecule has 57 heavy (non-hydrogen) atoms. The zero-order valence-corrected chi connectivity index (χ0v) is 32.1. The minimum atomic E-state index is -0.835. The fourth-order valence-corrected chi connectivity index (χ4v) is 8.72. The molecular formula is C46H50N4O7. The number of benzene rings is 4. The summed E-state index contributed by atoms with van der Waals surface area (Å²) in [6.45, 7) is 5.23. The molecule has 296 valence electrons. The molecule has 1 amide bonds. The van der Waals surface area contributed by atoms with Crippen LogP contribution in [0.5, 0.6) is 11.5 Å². The lowest BCUT2D eigenvalue weighted by Crippen LogP contribution is -2.55. The van der Waals surface area contributed by atoms with Gasteiger partial charge < -0.3 is 34.9 Å². The van der Waals surface area contributed by atoms with E-state index >= 15 is 0 Å². The highest BCUT2D eigenvalue weighted by atomic mass is 16.5. The second kappa shape index (κ2) is 16.9. The molecule has 5 aromatic rings.